The molecule has 0 radical (unpaired) electrons. The summed E-state index contributed by atoms with van der Waals surface area (Å²) in [6, 6.07) is 1.96. The van der Waals surface area contributed by atoms with Gasteiger partial charge in [0.25, 0.3) is 0 Å². The molecule has 0 fully saturated rings. The van der Waals surface area contributed by atoms with Gasteiger partial charge in [-0.3, -0.25) is 4.79 Å². The van der Waals surface area contributed by atoms with Gasteiger partial charge in [-0.15, -0.1) is 10.2 Å². The number of furan rings is 1. The average molecular weight is 302 g/mol. The van der Waals surface area contributed by atoms with E-state index < -0.39 is 0 Å². The Kier molecular flexibility index (Phi) is 3.76. The monoisotopic (exact) mass is 302 g/mol. The van der Waals surface area contributed by atoms with Crippen molar-refractivity contribution in [2.45, 2.75) is 53.1 Å². The highest BCUT2D eigenvalue weighted by Gasteiger charge is 2.29. The molecular formula is C16H22N4O2. The minimum Gasteiger partial charge on any atom is -0.466 e. The highest BCUT2D eigenvalue weighted by atomic mass is 16.3. The van der Waals surface area contributed by atoms with E-state index in [0.717, 1.165) is 41.7 Å². The largest absolute Gasteiger partial charge is 0.466 e. The topological polar surface area (TPSA) is 64.2 Å². The summed E-state index contributed by atoms with van der Waals surface area (Å²) in [6.45, 7) is 9.84. The molecule has 1 aliphatic heterocycles. The Morgan fingerprint density at radius 1 is 1.36 bits per heavy atom. The molecular weight excluding hydrogens is 280 g/mol. The van der Waals surface area contributed by atoms with E-state index in [-0.39, 0.29) is 11.8 Å². The third-order valence-electron chi connectivity index (χ3n) is 4.37. The summed E-state index contributed by atoms with van der Waals surface area (Å²) in [5, 5.41) is 8.41. The summed E-state index contributed by atoms with van der Waals surface area (Å²) < 4.78 is 7.68. The predicted molar refractivity (Wildman–Crippen MR) is 81.4 cm³/mol. The van der Waals surface area contributed by atoms with Crippen LogP contribution in [0.25, 0.3) is 0 Å². The fourth-order valence-electron chi connectivity index (χ4n) is 3.15. The Morgan fingerprint density at radius 3 is 2.77 bits per heavy atom. The zero-order valence-corrected chi connectivity index (χ0v) is 13.6. The molecule has 6 heteroatoms. The van der Waals surface area contributed by atoms with E-state index in [1.54, 1.807) is 0 Å². The van der Waals surface area contributed by atoms with E-state index in [2.05, 4.69) is 21.7 Å². The van der Waals surface area contributed by atoms with Crippen molar-refractivity contribution in [3.05, 3.63) is 34.8 Å². The van der Waals surface area contributed by atoms with E-state index in [0.29, 0.717) is 13.1 Å². The fraction of sp³-hybridized carbons (Fsp3) is 0.562. The molecule has 2 aromatic rings. The molecule has 1 unspecified atom stereocenters. The van der Waals surface area contributed by atoms with Gasteiger partial charge in [0.2, 0.25) is 5.91 Å². The molecule has 3 heterocycles. The van der Waals surface area contributed by atoms with Gasteiger partial charge in [-0.2, -0.15) is 0 Å². The molecule has 1 aliphatic rings. The van der Waals surface area contributed by atoms with Crippen molar-refractivity contribution in [2.75, 3.05) is 6.54 Å². The van der Waals surface area contributed by atoms with Crippen LogP contribution in [0.3, 0.4) is 0 Å². The van der Waals surface area contributed by atoms with Crippen molar-refractivity contribution in [2.24, 2.45) is 0 Å². The van der Waals surface area contributed by atoms with Crippen LogP contribution in [-0.4, -0.2) is 32.1 Å². The van der Waals surface area contributed by atoms with Crippen molar-refractivity contribution in [1.29, 1.82) is 0 Å². The second-order valence-corrected chi connectivity index (χ2v) is 5.89. The van der Waals surface area contributed by atoms with Crippen LogP contribution in [0, 0.1) is 13.8 Å². The summed E-state index contributed by atoms with van der Waals surface area (Å²) in [5.41, 5.74) is 0.976. The van der Waals surface area contributed by atoms with Gasteiger partial charge in [0.1, 0.15) is 17.3 Å². The number of aromatic nitrogens is 3. The number of fused-ring (bicyclic) bond motifs is 1. The van der Waals surface area contributed by atoms with E-state index in [9.17, 15) is 4.79 Å². The first kappa shape index (κ1) is 14.8. The Hall–Kier alpha value is -2.11. The number of hydrogen-bond donors (Lipinski definition) is 0. The molecule has 1 amide bonds. The molecule has 1 atom stereocenters. The van der Waals surface area contributed by atoms with Crippen molar-refractivity contribution in [3.8, 4) is 0 Å². The molecule has 0 saturated carbocycles. The zero-order valence-electron chi connectivity index (χ0n) is 13.6. The maximum atomic E-state index is 12.8. The molecule has 0 aliphatic carbocycles. The molecule has 2 aromatic heterocycles. The number of nitrogens with zero attached hydrogens (tertiary/aromatic N) is 4. The molecule has 118 valence electrons. The number of rotatable bonds is 3. The van der Waals surface area contributed by atoms with Crippen molar-refractivity contribution >= 4 is 5.91 Å². The van der Waals surface area contributed by atoms with Gasteiger partial charge in [-0.05, 0) is 26.8 Å². The second-order valence-electron chi connectivity index (χ2n) is 5.89. The minimum absolute atomic E-state index is 0.121. The van der Waals surface area contributed by atoms with Gasteiger partial charge in [0, 0.05) is 25.1 Å². The third-order valence-corrected chi connectivity index (χ3v) is 4.37. The molecule has 0 saturated heterocycles. The Morgan fingerprint density at radius 2 is 2.14 bits per heavy atom. The normalized spacial score (nSPS) is 15.7. The summed E-state index contributed by atoms with van der Waals surface area (Å²) in [5.74, 6) is 3.47. The molecule has 0 aromatic carbocycles. The minimum atomic E-state index is -0.197. The first-order valence-corrected chi connectivity index (χ1v) is 7.78. The SMILES string of the molecule is CCc1nnc2n1CCN(C(=O)C(C)c1cc(C)oc1C)C2. The van der Waals surface area contributed by atoms with Gasteiger partial charge >= 0.3 is 0 Å². The summed E-state index contributed by atoms with van der Waals surface area (Å²) >= 11 is 0. The smallest absolute Gasteiger partial charge is 0.230 e. The maximum absolute atomic E-state index is 12.8. The number of aryl methyl sites for hydroxylation is 3. The third kappa shape index (κ3) is 2.42. The van der Waals surface area contributed by atoms with Crippen LogP contribution >= 0.6 is 0 Å². The van der Waals surface area contributed by atoms with E-state index in [4.69, 9.17) is 4.42 Å². The Labute approximate surface area is 130 Å². The van der Waals surface area contributed by atoms with Crippen molar-refractivity contribution in [3.63, 3.8) is 0 Å². The van der Waals surface area contributed by atoms with Gasteiger partial charge < -0.3 is 13.9 Å². The van der Waals surface area contributed by atoms with Gasteiger partial charge in [-0.1, -0.05) is 6.92 Å². The number of carbonyl (C=O) groups is 1. The van der Waals surface area contributed by atoms with E-state index in [1.807, 2.05) is 31.7 Å². The fourth-order valence-corrected chi connectivity index (χ4v) is 3.15. The lowest BCUT2D eigenvalue weighted by Gasteiger charge is -2.30. The molecule has 0 bridgehead atoms. The highest BCUT2D eigenvalue weighted by molar-refractivity contribution is 5.83. The molecule has 0 spiro atoms. The Bertz CT molecular complexity index is 701. The highest BCUT2D eigenvalue weighted by Crippen LogP contribution is 2.26. The quantitative estimate of drug-likeness (QED) is 0.872. The molecule has 22 heavy (non-hydrogen) atoms. The van der Waals surface area contributed by atoms with Gasteiger partial charge in [0.05, 0.1) is 12.5 Å². The molecule has 3 rings (SSSR count). The van der Waals surface area contributed by atoms with Crippen LogP contribution in [0.1, 0.15) is 48.5 Å². The lowest BCUT2D eigenvalue weighted by atomic mass is 9.99. The Balaban J connectivity index is 1.77. The first-order chi connectivity index (χ1) is 10.5. The standard InChI is InChI=1S/C16H22N4O2/c1-5-14-17-18-15-9-19(6-7-20(14)15)16(21)11(3)13-8-10(2)22-12(13)4/h8,11H,5-7,9H2,1-4H3. The van der Waals surface area contributed by atoms with Gasteiger partial charge in [-0.25, -0.2) is 0 Å². The van der Waals surface area contributed by atoms with E-state index in [1.165, 1.54) is 0 Å². The second kappa shape index (κ2) is 5.59. The van der Waals surface area contributed by atoms with Crippen LogP contribution in [0.5, 0.6) is 0 Å². The number of carbonyl (C=O) groups excluding carboxylic acids is 1. The van der Waals surface area contributed by atoms with E-state index >= 15 is 0 Å². The number of amides is 1. The number of hydrogen-bond acceptors (Lipinski definition) is 4. The molecule has 0 N–H and O–H groups in total. The summed E-state index contributed by atoms with van der Waals surface area (Å²) in [6.07, 6.45) is 0.866. The van der Waals surface area contributed by atoms with Crippen LogP contribution in [0.4, 0.5) is 0 Å². The molecule has 6 nitrogen and oxygen atoms in total. The lowest BCUT2D eigenvalue weighted by molar-refractivity contribution is -0.134. The van der Waals surface area contributed by atoms with Crippen molar-refractivity contribution < 1.29 is 9.21 Å². The van der Waals surface area contributed by atoms with Crippen molar-refractivity contribution in [1.82, 2.24) is 19.7 Å². The van der Waals surface area contributed by atoms with Crippen LogP contribution in [0.15, 0.2) is 10.5 Å². The summed E-state index contributed by atoms with van der Waals surface area (Å²) in [4.78, 5) is 14.6. The van der Waals surface area contributed by atoms with Crippen LogP contribution in [-0.2, 0) is 24.3 Å². The average Bonchev–Trinajstić information content (AvgIpc) is 3.07. The first-order valence-electron chi connectivity index (χ1n) is 7.78. The lowest BCUT2D eigenvalue weighted by Crippen LogP contribution is -2.40. The zero-order chi connectivity index (χ0) is 15.9. The van der Waals surface area contributed by atoms with Crippen LogP contribution < -0.4 is 0 Å². The summed E-state index contributed by atoms with van der Waals surface area (Å²) in [7, 11) is 0. The maximum Gasteiger partial charge on any atom is 0.230 e. The predicted octanol–water partition coefficient (Wildman–Crippen LogP) is 2.20. The van der Waals surface area contributed by atoms with Gasteiger partial charge in [0.15, 0.2) is 5.82 Å². The van der Waals surface area contributed by atoms with Crippen LogP contribution in [0.2, 0.25) is 0 Å².